The molecule has 1 atom stereocenters. The van der Waals surface area contributed by atoms with E-state index in [-0.39, 0.29) is 12.4 Å². The molecule has 1 unspecified atom stereocenters. The van der Waals surface area contributed by atoms with Crippen LogP contribution in [-0.4, -0.2) is 21.8 Å². The van der Waals surface area contributed by atoms with Crippen molar-refractivity contribution in [1.29, 1.82) is 0 Å². The van der Waals surface area contributed by atoms with Gasteiger partial charge in [0.15, 0.2) is 0 Å². The molecule has 0 aliphatic carbocycles. The van der Waals surface area contributed by atoms with E-state index in [1.54, 1.807) is 7.11 Å². The summed E-state index contributed by atoms with van der Waals surface area (Å²) < 4.78 is 7.51. The maximum atomic E-state index is 10.6. The van der Waals surface area contributed by atoms with E-state index in [0.717, 1.165) is 51.0 Å². The maximum Gasteiger partial charge on any atom is 0.119 e. The van der Waals surface area contributed by atoms with Crippen LogP contribution in [0.2, 0.25) is 5.02 Å². The molecule has 5 rings (SSSR count). The van der Waals surface area contributed by atoms with Gasteiger partial charge in [0.2, 0.25) is 0 Å². The first-order valence-electron chi connectivity index (χ1n) is 10.8. The predicted molar refractivity (Wildman–Crippen MR) is 142 cm³/mol. The third kappa shape index (κ3) is 4.97. The number of ether oxygens (including phenoxy) is 1. The minimum atomic E-state index is -0.518. The molecule has 0 aliphatic heterocycles. The highest BCUT2D eigenvalue weighted by atomic mass is 35.5. The highest BCUT2D eigenvalue weighted by Gasteiger charge is 2.12. The second-order valence-corrected chi connectivity index (χ2v) is 8.44. The summed E-state index contributed by atoms with van der Waals surface area (Å²) in [6, 6.07) is 23.4. The number of benzene rings is 3. The molecule has 34 heavy (non-hydrogen) atoms. The SMILES string of the molecule is COc1ccc2nc3cc(Cl)ccc3c(Nc3ccc(C(O)CCn4cccc4)cc3)c2c1.Cl. The number of anilines is 2. The Balaban J connectivity index is 0.00000274. The number of nitrogens with one attached hydrogen (secondary N) is 1. The number of hydrogen-bond donors (Lipinski definition) is 2. The van der Waals surface area contributed by atoms with E-state index < -0.39 is 6.10 Å². The van der Waals surface area contributed by atoms with E-state index in [0.29, 0.717) is 11.4 Å². The van der Waals surface area contributed by atoms with Gasteiger partial charge in [-0.25, -0.2) is 4.98 Å². The summed E-state index contributed by atoms with van der Waals surface area (Å²) in [7, 11) is 1.66. The summed E-state index contributed by atoms with van der Waals surface area (Å²) in [4.78, 5) is 4.78. The van der Waals surface area contributed by atoms with E-state index in [1.807, 2.05) is 85.2 Å². The van der Waals surface area contributed by atoms with Crippen LogP contribution in [0.1, 0.15) is 18.1 Å². The largest absolute Gasteiger partial charge is 0.497 e. The van der Waals surface area contributed by atoms with Gasteiger partial charge in [0, 0.05) is 40.4 Å². The zero-order valence-electron chi connectivity index (χ0n) is 18.6. The number of halogens is 2. The van der Waals surface area contributed by atoms with Gasteiger partial charge in [-0.2, -0.15) is 0 Å². The maximum absolute atomic E-state index is 10.6. The monoisotopic (exact) mass is 493 g/mol. The van der Waals surface area contributed by atoms with E-state index in [1.165, 1.54) is 0 Å². The number of nitrogens with zero attached hydrogens (tertiary/aromatic N) is 2. The van der Waals surface area contributed by atoms with Crippen LogP contribution < -0.4 is 10.1 Å². The number of pyridine rings is 1. The van der Waals surface area contributed by atoms with Crippen LogP contribution in [0.4, 0.5) is 11.4 Å². The van der Waals surface area contributed by atoms with Crippen LogP contribution in [0.3, 0.4) is 0 Å². The molecule has 7 heteroatoms. The molecule has 5 aromatic rings. The molecule has 0 amide bonds. The lowest BCUT2D eigenvalue weighted by Gasteiger charge is -2.16. The fourth-order valence-electron chi connectivity index (χ4n) is 4.05. The van der Waals surface area contributed by atoms with Crippen LogP contribution in [0.5, 0.6) is 5.75 Å². The first kappa shape index (κ1) is 23.9. The van der Waals surface area contributed by atoms with Gasteiger partial charge >= 0.3 is 0 Å². The van der Waals surface area contributed by atoms with Gasteiger partial charge in [-0.05, 0) is 72.6 Å². The number of aliphatic hydroxyl groups is 1. The number of aromatic nitrogens is 2. The molecule has 174 valence electrons. The minimum Gasteiger partial charge on any atom is -0.497 e. The fraction of sp³-hybridized carbons (Fsp3) is 0.148. The normalized spacial score (nSPS) is 11.9. The van der Waals surface area contributed by atoms with Crippen LogP contribution in [0, 0.1) is 0 Å². The molecule has 2 N–H and O–H groups in total. The second-order valence-electron chi connectivity index (χ2n) is 8.00. The molecule has 3 aromatic carbocycles. The van der Waals surface area contributed by atoms with E-state index in [9.17, 15) is 5.11 Å². The zero-order chi connectivity index (χ0) is 22.8. The lowest BCUT2D eigenvalue weighted by atomic mass is 10.0. The summed E-state index contributed by atoms with van der Waals surface area (Å²) >= 11 is 6.23. The van der Waals surface area contributed by atoms with Gasteiger partial charge in [-0.1, -0.05) is 23.7 Å². The molecule has 5 nitrogen and oxygen atoms in total. The van der Waals surface area contributed by atoms with Crippen LogP contribution in [-0.2, 0) is 6.54 Å². The first-order chi connectivity index (χ1) is 16.1. The molecule has 2 heterocycles. The Kier molecular flexibility index (Phi) is 7.27. The average molecular weight is 494 g/mol. The van der Waals surface area contributed by atoms with Gasteiger partial charge in [0.1, 0.15) is 5.75 Å². The average Bonchev–Trinajstić information content (AvgIpc) is 3.36. The third-order valence-corrected chi connectivity index (χ3v) is 6.07. The standard InChI is InChI=1S/C27H24ClN3O2.ClH/c1-33-21-9-11-24-23(17-21)27(22-10-6-19(28)16-25(22)30-24)29-20-7-4-18(5-8-20)26(32)12-15-31-13-2-3-14-31;/h2-11,13-14,16-17,26,32H,12,15H2,1H3,(H,29,30);1H. The molecule has 0 spiro atoms. The molecule has 2 aromatic heterocycles. The zero-order valence-corrected chi connectivity index (χ0v) is 20.2. The Labute approximate surface area is 209 Å². The smallest absolute Gasteiger partial charge is 0.119 e. The summed E-state index contributed by atoms with van der Waals surface area (Å²) in [5, 5.41) is 16.7. The van der Waals surface area contributed by atoms with Gasteiger partial charge in [-0.15, -0.1) is 12.4 Å². The predicted octanol–water partition coefficient (Wildman–Crippen LogP) is 7.14. The molecule has 0 radical (unpaired) electrons. The number of methoxy groups -OCH3 is 1. The third-order valence-electron chi connectivity index (χ3n) is 5.83. The molecule has 0 bridgehead atoms. The molecule has 0 saturated heterocycles. The highest BCUT2D eigenvalue weighted by Crippen LogP contribution is 2.36. The van der Waals surface area contributed by atoms with E-state index >= 15 is 0 Å². The fourth-order valence-corrected chi connectivity index (χ4v) is 4.21. The Morgan fingerprint density at radius 1 is 0.971 bits per heavy atom. The number of rotatable bonds is 7. The van der Waals surface area contributed by atoms with Crippen molar-refractivity contribution in [1.82, 2.24) is 9.55 Å². The first-order valence-corrected chi connectivity index (χ1v) is 11.2. The highest BCUT2D eigenvalue weighted by molar-refractivity contribution is 6.31. The Morgan fingerprint density at radius 3 is 2.47 bits per heavy atom. The van der Waals surface area contributed by atoms with Crippen molar-refractivity contribution in [3.8, 4) is 5.75 Å². The molecular weight excluding hydrogens is 469 g/mol. The van der Waals surface area contributed by atoms with Gasteiger partial charge < -0.3 is 19.7 Å². The Hall–Kier alpha value is -3.25. The molecular formula is C27H25Cl2N3O2. The quantitative estimate of drug-likeness (QED) is 0.236. The van der Waals surface area contributed by atoms with Crippen molar-refractivity contribution in [3.05, 3.63) is 95.8 Å². The van der Waals surface area contributed by atoms with Crippen LogP contribution >= 0.6 is 24.0 Å². The topological polar surface area (TPSA) is 59.3 Å². The molecule has 0 fully saturated rings. The lowest BCUT2D eigenvalue weighted by molar-refractivity contribution is 0.161. The Morgan fingerprint density at radius 2 is 1.74 bits per heavy atom. The van der Waals surface area contributed by atoms with E-state index in [4.69, 9.17) is 21.3 Å². The van der Waals surface area contributed by atoms with Gasteiger partial charge in [0.25, 0.3) is 0 Å². The van der Waals surface area contributed by atoms with Crippen LogP contribution in [0.25, 0.3) is 21.8 Å². The summed E-state index contributed by atoms with van der Waals surface area (Å²) in [5.74, 6) is 0.766. The Bertz CT molecular complexity index is 1400. The van der Waals surface area contributed by atoms with Gasteiger partial charge in [-0.3, -0.25) is 0 Å². The number of hydrogen-bond acceptors (Lipinski definition) is 4. The van der Waals surface area contributed by atoms with Crippen LogP contribution in [0.15, 0.2) is 85.2 Å². The summed E-state index contributed by atoms with van der Waals surface area (Å²) in [5.41, 5.74) is 4.42. The number of aliphatic hydroxyl groups excluding tert-OH is 1. The second kappa shape index (κ2) is 10.3. The summed E-state index contributed by atoms with van der Waals surface area (Å²) in [6.45, 7) is 0.771. The van der Waals surface area contributed by atoms with Crippen molar-refractivity contribution in [2.24, 2.45) is 0 Å². The van der Waals surface area contributed by atoms with Crippen molar-refractivity contribution in [3.63, 3.8) is 0 Å². The van der Waals surface area contributed by atoms with E-state index in [2.05, 4.69) is 9.88 Å². The van der Waals surface area contributed by atoms with Crippen molar-refractivity contribution >= 4 is 57.2 Å². The number of aryl methyl sites for hydroxylation is 1. The van der Waals surface area contributed by atoms with Crippen molar-refractivity contribution in [2.45, 2.75) is 19.1 Å². The minimum absolute atomic E-state index is 0. The lowest BCUT2D eigenvalue weighted by Crippen LogP contribution is -2.03. The molecule has 0 aliphatic rings. The van der Waals surface area contributed by atoms with Crippen molar-refractivity contribution in [2.75, 3.05) is 12.4 Å². The van der Waals surface area contributed by atoms with Crippen molar-refractivity contribution < 1.29 is 9.84 Å². The summed E-state index contributed by atoms with van der Waals surface area (Å²) in [6.07, 6.45) is 4.15. The van der Waals surface area contributed by atoms with Gasteiger partial charge in [0.05, 0.1) is 29.9 Å². The number of fused-ring (bicyclic) bond motifs is 2. The molecule has 0 saturated carbocycles.